The van der Waals surface area contributed by atoms with E-state index in [1.54, 1.807) is 24.3 Å². The van der Waals surface area contributed by atoms with Crippen molar-refractivity contribution in [1.29, 1.82) is 0 Å². The fourth-order valence-corrected chi connectivity index (χ4v) is 9.95. The highest BCUT2D eigenvalue weighted by atomic mass is 19.4. The number of nitrogens with zero attached hydrogens (tertiary/aromatic N) is 2. The number of anilines is 6. The van der Waals surface area contributed by atoms with Crippen LogP contribution in [0.3, 0.4) is 0 Å². The van der Waals surface area contributed by atoms with Gasteiger partial charge in [0.2, 0.25) is 0 Å². The van der Waals surface area contributed by atoms with Crippen LogP contribution in [0.2, 0.25) is 0 Å². The van der Waals surface area contributed by atoms with Crippen molar-refractivity contribution in [2.24, 2.45) is 0 Å². The Hall–Kier alpha value is -7.72. The average Bonchev–Trinajstić information content (AvgIpc) is 3.60. The summed E-state index contributed by atoms with van der Waals surface area (Å²) in [6, 6.07) is 53.7. The molecule has 0 bridgehead atoms. The second-order valence-corrected chi connectivity index (χ2v) is 16.1. The third-order valence-electron chi connectivity index (χ3n) is 12.6. The van der Waals surface area contributed by atoms with Gasteiger partial charge in [0.25, 0.3) is 0 Å². The van der Waals surface area contributed by atoms with E-state index in [1.807, 2.05) is 70.5 Å². The summed E-state index contributed by atoms with van der Waals surface area (Å²) in [6.07, 6.45) is -9.11. The molecule has 2 aliphatic rings. The number of halogens is 8. The SMILES string of the molecule is Fc1ccc(N(c2ccc(C(F)(F)F)cc2)c2ccc3c(c2)C2(c4ccccc4-c4ccccc42)c2cccc4c(N(c5ccc(F)cc5)c5ccc(C(F)(F)F)cc5)ccc-3c24)cc1. The summed E-state index contributed by atoms with van der Waals surface area (Å²) in [6.45, 7) is 0. The Morgan fingerprint density at radius 1 is 0.338 bits per heavy atom. The van der Waals surface area contributed by atoms with E-state index >= 15 is 0 Å². The minimum absolute atomic E-state index is 0.429. The molecule has 0 aliphatic heterocycles. The monoisotopic (exact) mass is 872 g/mol. The van der Waals surface area contributed by atoms with Crippen LogP contribution in [0.5, 0.6) is 0 Å². The molecule has 0 radical (unpaired) electrons. The van der Waals surface area contributed by atoms with Gasteiger partial charge in [0.15, 0.2) is 0 Å². The first kappa shape index (κ1) is 40.1. The van der Waals surface area contributed by atoms with Gasteiger partial charge in [0.05, 0.1) is 22.2 Å². The van der Waals surface area contributed by atoms with E-state index in [9.17, 15) is 35.1 Å². The highest BCUT2D eigenvalue weighted by Crippen LogP contribution is 2.63. The molecule has 0 saturated heterocycles. The van der Waals surface area contributed by atoms with Gasteiger partial charge in [0, 0.05) is 33.8 Å². The number of benzene rings is 9. The van der Waals surface area contributed by atoms with Gasteiger partial charge >= 0.3 is 12.4 Å². The van der Waals surface area contributed by atoms with E-state index in [-0.39, 0.29) is 0 Å². The van der Waals surface area contributed by atoms with Crippen LogP contribution in [0.15, 0.2) is 194 Å². The maximum Gasteiger partial charge on any atom is 0.416 e. The van der Waals surface area contributed by atoms with Crippen molar-refractivity contribution >= 4 is 44.9 Å². The molecule has 10 heteroatoms. The number of alkyl halides is 6. The molecule has 9 aromatic carbocycles. The normalized spacial score (nSPS) is 13.4. The van der Waals surface area contributed by atoms with Crippen molar-refractivity contribution in [2.75, 3.05) is 9.80 Å². The summed E-state index contributed by atoms with van der Waals surface area (Å²) < 4.78 is 112. The lowest BCUT2D eigenvalue weighted by Gasteiger charge is -2.41. The van der Waals surface area contributed by atoms with Gasteiger partial charge < -0.3 is 9.80 Å². The quantitative estimate of drug-likeness (QED) is 0.154. The van der Waals surface area contributed by atoms with Gasteiger partial charge in [-0.15, -0.1) is 0 Å². The Labute approximate surface area is 367 Å². The van der Waals surface area contributed by atoms with Crippen LogP contribution >= 0.6 is 0 Å². The van der Waals surface area contributed by atoms with Crippen molar-refractivity contribution in [3.05, 3.63) is 239 Å². The highest BCUT2D eigenvalue weighted by molar-refractivity contribution is 6.12. The molecule has 9 aromatic rings. The van der Waals surface area contributed by atoms with Crippen molar-refractivity contribution < 1.29 is 35.1 Å². The molecule has 0 saturated carbocycles. The van der Waals surface area contributed by atoms with Gasteiger partial charge in [-0.3, -0.25) is 0 Å². The maximum atomic E-state index is 14.4. The van der Waals surface area contributed by atoms with Crippen molar-refractivity contribution in [3.63, 3.8) is 0 Å². The number of hydrogen-bond donors (Lipinski definition) is 0. The maximum absolute atomic E-state index is 14.4. The van der Waals surface area contributed by atoms with Crippen LogP contribution in [-0.4, -0.2) is 0 Å². The molecule has 318 valence electrons. The van der Waals surface area contributed by atoms with Crippen LogP contribution in [-0.2, 0) is 17.8 Å². The summed E-state index contributed by atoms with van der Waals surface area (Å²) in [5.74, 6) is -0.934. The highest BCUT2D eigenvalue weighted by Gasteiger charge is 2.50. The lowest BCUT2D eigenvalue weighted by Crippen LogP contribution is -2.32. The predicted molar refractivity (Wildman–Crippen MR) is 240 cm³/mol. The van der Waals surface area contributed by atoms with Crippen LogP contribution in [0.4, 0.5) is 69.2 Å². The third-order valence-corrected chi connectivity index (χ3v) is 12.6. The predicted octanol–water partition coefficient (Wildman–Crippen LogP) is 16.4. The van der Waals surface area contributed by atoms with Crippen molar-refractivity contribution in [2.45, 2.75) is 17.8 Å². The summed E-state index contributed by atoms with van der Waals surface area (Å²) in [4.78, 5) is 3.64. The van der Waals surface area contributed by atoms with E-state index in [2.05, 4.69) is 36.4 Å². The number of hydrogen-bond acceptors (Lipinski definition) is 2. The molecule has 0 unspecified atom stereocenters. The Kier molecular flexibility index (Phi) is 9.05. The van der Waals surface area contributed by atoms with Gasteiger partial charge in [-0.25, -0.2) is 8.78 Å². The topological polar surface area (TPSA) is 6.48 Å². The molecule has 65 heavy (non-hydrogen) atoms. The standard InChI is InChI=1S/C55H32F8N2/c56-35-16-24-38(25-17-35)64(37-20-12-33(13-21-37)54(58,59)60)41-28-29-44-45-30-31-51(65(40-26-18-36(57)19-27-40)39-22-14-34(15-23-39)55(61,62)63)46-8-5-11-49(52(45)46)53(50(44)32-41)47-9-3-1-6-42(47)43-7-2-4-10-48(43)53/h1-32H. The van der Waals surface area contributed by atoms with Crippen LogP contribution in [0.1, 0.15) is 33.4 Å². The fraction of sp³-hybridized carbons (Fsp3) is 0.0545. The molecular weight excluding hydrogens is 841 g/mol. The molecular formula is C55H32F8N2. The molecule has 0 atom stereocenters. The molecule has 2 nitrogen and oxygen atoms in total. The largest absolute Gasteiger partial charge is 0.416 e. The molecule has 0 amide bonds. The Bertz CT molecular complexity index is 3260. The van der Waals surface area contributed by atoms with Crippen molar-refractivity contribution in [1.82, 2.24) is 0 Å². The average molecular weight is 873 g/mol. The summed E-state index contributed by atoms with van der Waals surface area (Å²) in [7, 11) is 0. The second kappa shape index (κ2) is 14.7. The molecule has 0 heterocycles. The second-order valence-electron chi connectivity index (χ2n) is 16.1. The van der Waals surface area contributed by atoms with E-state index in [1.165, 1.54) is 48.5 Å². The van der Waals surface area contributed by atoms with E-state index < -0.39 is 40.5 Å². The zero-order valence-electron chi connectivity index (χ0n) is 33.9. The number of rotatable bonds is 6. The molecule has 11 rings (SSSR count). The van der Waals surface area contributed by atoms with E-state index in [0.29, 0.717) is 34.1 Å². The third kappa shape index (κ3) is 6.30. The first-order chi connectivity index (χ1) is 31.3. The van der Waals surface area contributed by atoms with Crippen LogP contribution in [0.25, 0.3) is 33.0 Å². The van der Waals surface area contributed by atoms with Gasteiger partial charge in [0.1, 0.15) is 11.6 Å². The van der Waals surface area contributed by atoms with E-state index in [4.69, 9.17) is 0 Å². The van der Waals surface area contributed by atoms with E-state index in [0.717, 1.165) is 79.5 Å². The minimum atomic E-state index is -4.55. The first-order valence-corrected chi connectivity index (χ1v) is 20.7. The molecule has 1 spiro atoms. The van der Waals surface area contributed by atoms with Gasteiger partial charge in [-0.05, 0) is 165 Å². The lowest BCUT2D eigenvalue weighted by molar-refractivity contribution is -0.138. The van der Waals surface area contributed by atoms with Crippen molar-refractivity contribution in [3.8, 4) is 22.3 Å². The van der Waals surface area contributed by atoms with Crippen LogP contribution in [0, 0.1) is 11.6 Å². The minimum Gasteiger partial charge on any atom is -0.310 e. The molecule has 2 aliphatic carbocycles. The molecule has 0 aromatic heterocycles. The Morgan fingerprint density at radius 3 is 1.26 bits per heavy atom. The zero-order chi connectivity index (χ0) is 44.8. The lowest BCUT2D eigenvalue weighted by atomic mass is 9.61. The fourth-order valence-electron chi connectivity index (χ4n) is 9.95. The molecule has 0 N–H and O–H groups in total. The molecule has 0 fully saturated rings. The summed E-state index contributed by atoms with van der Waals surface area (Å²) >= 11 is 0. The Morgan fingerprint density at radius 2 is 0.754 bits per heavy atom. The number of fused-ring (bicyclic) bond motifs is 9. The zero-order valence-corrected chi connectivity index (χ0v) is 33.9. The summed E-state index contributed by atoms with van der Waals surface area (Å²) in [5, 5.41) is 1.69. The Balaban J connectivity index is 1.20. The first-order valence-electron chi connectivity index (χ1n) is 20.7. The summed E-state index contributed by atoms with van der Waals surface area (Å²) in [5.41, 5.74) is 8.26. The van der Waals surface area contributed by atoms with Gasteiger partial charge in [-0.2, -0.15) is 26.3 Å². The van der Waals surface area contributed by atoms with Crippen LogP contribution < -0.4 is 9.80 Å². The smallest absolute Gasteiger partial charge is 0.310 e. The van der Waals surface area contributed by atoms with Gasteiger partial charge in [-0.1, -0.05) is 78.9 Å².